The minimum absolute atomic E-state index is 0.0700. The number of carbonyl (C=O) groups is 2. The minimum atomic E-state index is -0.772. The maximum Gasteiger partial charge on any atom is 0.308 e. The molecule has 0 aromatic carbocycles. The zero-order chi connectivity index (χ0) is 14.0. The average molecular weight is 267 g/mol. The molecule has 0 bridgehead atoms. The number of carboxylic acids is 1. The van der Waals surface area contributed by atoms with E-state index in [1.54, 1.807) is 4.90 Å². The van der Waals surface area contributed by atoms with Crippen LogP contribution >= 0.6 is 0 Å². The Morgan fingerprint density at radius 2 is 1.84 bits per heavy atom. The van der Waals surface area contributed by atoms with E-state index in [4.69, 9.17) is 5.11 Å². The molecule has 1 aliphatic heterocycles. The van der Waals surface area contributed by atoms with Gasteiger partial charge >= 0.3 is 5.97 Å². The Morgan fingerprint density at radius 3 is 2.37 bits per heavy atom. The molecular weight excluding hydrogens is 242 g/mol. The van der Waals surface area contributed by atoms with Crippen molar-refractivity contribution in [3.63, 3.8) is 0 Å². The molecule has 1 aliphatic carbocycles. The molecule has 19 heavy (non-hydrogen) atoms. The Bertz CT molecular complexity index is 360. The summed E-state index contributed by atoms with van der Waals surface area (Å²) in [5.41, 5.74) is 0.139. The van der Waals surface area contributed by atoms with Gasteiger partial charge in [-0.05, 0) is 24.2 Å². The summed E-state index contributed by atoms with van der Waals surface area (Å²) in [5, 5.41) is 9.12. The molecule has 4 heteroatoms. The molecular formula is C15H25NO3. The molecule has 0 aromatic heterocycles. The lowest BCUT2D eigenvalue weighted by Crippen LogP contribution is -2.35. The molecule has 2 atom stereocenters. The van der Waals surface area contributed by atoms with Crippen molar-refractivity contribution >= 4 is 11.9 Å². The van der Waals surface area contributed by atoms with Crippen molar-refractivity contribution in [3.8, 4) is 0 Å². The van der Waals surface area contributed by atoms with Crippen LogP contribution in [0.5, 0.6) is 0 Å². The highest BCUT2D eigenvalue weighted by Gasteiger charge is 2.39. The number of hydrogen-bond donors (Lipinski definition) is 1. The van der Waals surface area contributed by atoms with E-state index in [-0.39, 0.29) is 23.2 Å². The van der Waals surface area contributed by atoms with Crippen LogP contribution in [0.25, 0.3) is 0 Å². The van der Waals surface area contributed by atoms with Gasteiger partial charge in [-0.1, -0.05) is 33.1 Å². The van der Waals surface area contributed by atoms with Crippen LogP contribution in [-0.4, -0.2) is 35.0 Å². The van der Waals surface area contributed by atoms with Gasteiger partial charge in [0, 0.05) is 19.5 Å². The van der Waals surface area contributed by atoms with Crippen molar-refractivity contribution in [2.24, 2.45) is 17.3 Å². The Labute approximate surface area is 115 Å². The van der Waals surface area contributed by atoms with Gasteiger partial charge in [-0.2, -0.15) is 0 Å². The molecule has 1 saturated carbocycles. The molecule has 2 rings (SSSR count). The first-order valence-corrected chi connectivity index (χ1v) is 7.42. The highest BCUT2D eigenvalue weighted by Crippen LogP contribution is 2.39. The van der Waals surface area contributed by atoms with Crippen LogP contribution < -0.4 is 0 Å². The van der Waals surface area contributed by atoms with Crippen molar-refractivity contribution < 1.29 is 14.7 Å². The van der Waals surface area contributed by atoms with Crippen LogP contribution in [0.1, 0.15) is 52.4 Å². The topological polar surface area (TPSA) is 57.6 Å². The van der Waals surface area contributed by atoms with E-state index in [9.17, 15) is 9.59 Å². The van der Waals surface area contributed by atoms with Crippen molar-refractivity contribution in [1.82, 2.24) is 4.90 Å². The third-order valence-corrected chi connectivity index (χ3v) is 4.92. The number of carboxylic acid groups (broad SMARTS) is 1. The summed E-state index contributed by atoms with van der Waals surface area (Å²) in [7, 11) is 0. The van der Waals surface area contributed by atoms with Crippen molar-refractivity contribution in [3.05, 3.63) is 0 Å². The number of likely N-dealkylation sites (tertiary alicyclic amines) is 1. The third-order valence-electron chi connectivity index (χ3n) is 4.92. The Balaban J connectivity index is 1.92. The van der Waals surface area contributed by atoms with Crippen LogP contribution in [0.2, 0.25) is 0 Å². The quantitative estimate of drug-likeness (QED) is 0.855. The maximum atomic E-state index is 12.4. The van der Waals surface area contributed by atoms with Gasteiger partial charge in [-0.25, -0.2) is 0 Å². The summed E-state index contributed by atoms with van der Waals surface area (Å²) < 4.78 is 0. The Kier molecular flexibility index (Phi) is 4.16. The van der Waals surface area contributed by atoms with Gasteiger partial charge in [0.1, 0.15) is 0 Å². The van der Waals surface area contributed by atoms with Crippen molar-refractivity contribution in [1.29, 1.82) is 0 Å². The monoisotopic (exact) mass is 267 g/mol. The number of aliphatic carboxylic acids is 1. The molecule has 1 amide bonds. The molecule has 1 N–H and O–H groups in total. The number of rotatable bonds is 3. The second-order valence-electron chi connectivity index (χ2n) is 6.77. The van der Waals surface area contributed by atoms with Crippen LogP contribution in [-0.2, 0) is 9.59 Å². The van der Waals surface area contributed by atoms with Crippen LogP contribution in [0, 0.1) is 17.3 Å². The van der Waals surface area contributed by atoms with E-state index in [1.807, 2.05) is 6.92 Å². The summed E-state index contributed by atoms with van der Waals surface area (Å²) >= 11 is 0. The predicted molar refractivity (Wildman–Crippen MR) is 72.7 cm³/mol. The Morgan fingerprint density at radius 1 is 1.21 bits per heavy atom. The van der Waals surface area contributed by atoms with E-state index in [2.05, 4.69) is 6.92 Å². The number of amides is 1. The van der Waals surface area contributed by atoms with E-state index in [1.165, 1.54) is 19.3 Å². The largest absolute Gasteiger partial charge is 0.481 e. The van der Waals surface area contributed by atoms with Crippen molar-refractivity contribution in [2.45, 2.75) is 52.4 Å². The van der Waals surface area contributed by atoms with E-state index in [0.29, 0.717) is 19.5 Å². The van der Waals surface area contributed by atoms with Crippen LogP contribution in [0.15, 0.2) is 0 Å². The molecule has 2 fully saturated rings. The fourth-order valence-corrected chi connectivity index (χ4v) is 3.55. The van der Waals surface area contributed by atoms with Gasteiger partial charge in [0.05, 0.1) is 5.92 Å². The summed E-state index contributed by atoms with van der Waals surface area (Å²) in [6.45, 7) is 5.13. The zero-order valence-electron chi connectivity index (χ0n) is 12.0. The second kappa shape index (κ2) is 5.51. The Hall–Kier alpha value is -1.06. The SMILES string of the molecule is C[C@@H]1CN(C(=O)CC2(C)CCCCC2)C[C@H]1C(=O)O. The van der Waals surface area contributed by atoms with E-state index in [0.717, 1.165) is 12.8 Å². The van der Waals surface area contributed by atoms with Crippen molar-refractivity contribution in [2.75, 3.05) is 13.1 Å². The molecule has 4 nitrogen and oxygen atoms in total. The molecule has 0 spiro atoms. The molecule has 1 heterocycles. The number of carbonyl (C=O) groups excluding carboxylic acids is 1. The molecule has 2 aliphatic rings. The lowest BCUT2D eigenvalue weighted by Gasteiger charge is -2.34. The van der Waals surface area contributed by atoms with Crippen LogP contribution in [0.4, 0.5) is 0 Å². The fourth-order valence-electron chi connectivity index (χ4n) is 3.55. The third kappa shape index (κ3) is 3.28. The van der Waals surface area contributed by atoms with Gasteiger partial charge < -0.3 is 10.0 Å². The van der Waals surface area contributed by atoms with Gasteiger partial charge in [-0.3, -0.25) is 9.59 Å². The predicted octanol–water partition coefficient (Wildman–Crippen LogP) is 2.53. The van der Waals surface area contributed by atoms with Crippen LogP contribution in [0.3, 0.4) is 0 Å². The standard InChI is InChI=1S/C15H25NO3/c1-11-9-16(10-12(11)14(18)19)13(17)8-15(2)6-4-3-5-7-15/h11-12H,3-10H2,1-2H3,(H,18,19)/t11-,12-/m1/s1. The summed E-state index contributed by atoms with van der Waals surface area (Å²) in [6.07, 6.45) is 6.57. The normalized spacial score (nSPS) is 30.3. The zero-order valence-corrected chi connectivity index (χ0v) is 12.0. The minimum Gasteiger partial charge on any atom is -0.481 e. The van der Waals surface area contributed by atoms with Gasteiger partial charge in [-0.15, -0.1) is 0 Å². The van der Waals surface area contributed by atoms with Gasteiger partial charge in [0.25, 0.3) is 0 Å². The molecule has 1 saturated heterocycles. The number of nitrogens with zero attached hydrogens (tertiary/aromatic N) is 1. The first-order valence-electron chi connectivity index (χ1n) is 7.42. The first kappa shape index (κ1) is 14.4. The van der Waals surface area contributed by atoms with Gasteiger partial charge in [0.2, 0.25) is 5.91 Å². The molecule has 0 radical (unpaired) electrons. The first-order chi connectivity index (χ1) is 8.91. The summed E-state index contributed by atoms with van der Waals surface area (Å²) in [5.74, 6) is -0.935. The smallest absolute Gasteiger partial charge is 0.308 e. The summed E-state index contributed by atoms with van der Waals surface area (Å²) in [6, 6.07) is 0. The number of hydrogen-bond acceptors (Lipinski definition) is 2. The lowest BCUT2D eigenvalue weighted by molar-refractivity contribution is -0.142. The summed E-state index contributed by atoms with van der Waals surface area (Å²) in [4.78, 5) is 25.2. The molecule has 0 unspecified atom stereocenters. The highest BCUT2D eigenvalue weighted by atomic mass is 16.4. The fraction of sp³-hybridized carbons (Fsp3) is 0.867. The molecule has 0 aromatic rings. The second-order valence-corrected chi connectivity index (χ2v) is 6.77. The molecule has 108 valence electrons. The van der Waals surface area contributed by atoms with Gasteiger partial charge in [0.15, 0.2) is 0 Å². The highest BCUT2D eigenvalue weighted by molar-refractivity contribution is 5.79. The van der Waals surface area contributed by atoms with E-state index >= 15 is 0 Å². The lowest BCUT2D eigenvalue weighted by atomic mass is 9.73. The maximum absolute atomic E-state index is 12.4. The van der Waals surface area contributed by atoms with E-state index < -0.39 is 5.97 Å². The average Bonchev–Trinajstić information content (AvgIpc) is 2.72.